The van der Waals surface area contributed by atoms with Crippen molar-refractivity contribution in [3.63, 3.8) is 0 Å². The summed E-state index contributed by atoms with van der Waals surface area (Å²) in [6.07, 6.45) is 3.06. The number of fused-ring (bicyclic) bond motifs is 1. The Morgan fingerprint density at radius 1 is 1.32 bits per heavy atom. The molecule has 9 heteroatoms. The van der Waals surface area contributed by atoms with Crippen LogP contribution in [0.3, 0.4) is 0 Å². The number of hydrogen-bond donors (Lipinski definition) is 1. The molecule has 0 aliphatic rings. The second-order valence-corrected chi connectivity index (χ2v) is 5.81. The molecule has 0 radical (unpaired) electrons. The number of rotatable bonds is 4. The SMILES string of the molecule is CN(C)C(=O)CN(C)C(=O)c1cc(N)c2nc(-c3ccco3)nn2c1. The summed E-state index contributed by atoms with van der Waals surface area (Å²) in [6.45, 7) is -0.0290. The van der Waals surface area contributed by atoms with Gasteiger partial charge < -0.3 is 20.0 Å². The maximum absolute atomic E-state index is 12.6. The summed E-state index contributed by atoms with van der Waals surface area (Å²) in [5.41, 5.74) is 7.06. The summed E-state index contributed by atoms with van der Waals surface area (Å²) in [7, 11) is 4.83. The smallest absolute Gasteiger partial charge is 0.255 e. The molecule has 3 heterocycles. The van der Waals surface area contributed by atoms with Crippen LogP contribution in [0.25, 0.3) is 17.2 Å². The molecular weight excluding hydrogens is 324 g/mol. The van der Waals surface area contributed by atoms with Crippen LogP contribution in [0.5, 0.6) is 0 Å². The first-order valence-electron chi connectivity index (χ1n) is 7.52. The average molecular weight is 342 g/mol. The lowest BCUT2D eigenvalue weighted by Gasteiger charge is -2.19. The first-order chi connectivity index (χ1) is 11.9. The van der Waals surface area contributed by atoms with Crippen molar-refractivity contribution in [3.05, 3.63) is 36.2 Å². The lowest BCUT2D eigenvalue weighted by molar-refractivity contribution is -0.129. The zero-order valence-corrected chi connectivity index (χ0v) is 14.1. The summed E-state index contributed by atoms with van der Waals surface area (Å²) in [5, 5.41) is 4.29. The molecule has 0 fully saturated rings. The van der Waals surface area contributed by atoms with Gasteiger partial charge in [0.05, 0.1) is 24.1 Å². The van der Waals surface area contributed by atoms with Gasteiger partial charge >= 0.3 is 0 Å². The van der Waals surface area contributed by atoms with Gasteiger partial charge in [-0.15, -0.1) is 5.10 Å². The highest BCUT2D eigenvalue weighted by Gasteiger charge is 2.19. The number of pyridine rings is 1. The molecular formula is C16H18N6O3. The molecule has 0 saturated carbocycles. The van der Waals surface area contributed by atoms with Crippen molar-refractivity contribution >= 4 is 23.1 Å². The number of nitrogen functional groups attached to an aromatic ring is 1. The molecule has 0 bridgehead atoms. The largest absolute Gasteiger partial charge is 0.461 e. The first-order valence-corrected chi connectivity index (χ1v) is 7.52. The minimum atomic E-state index is -0.334. The average Bonchev–Trinajstić information content (AvgIpc) is 3.22. The molecule has 3 aromatic rings. The number of amides is 2. The van der Waals surface area contributed by atoms with Gasteiger partial charge in [-0.2, -0.15) is 0 Å². The van der Waals surface area contributed by atoms with Gasteiger partial charge in [-0.3, -0.25) is 9.59 Å². The van der Waals surface area contributed by atoms with Crippen LogP contribution in [-0.4, -0.2) is 63.9 Å². The molecule has 0 aliphatic heterocycles. The molecule has 0 aliphatic carbocycles. The van der Waals surface area contributed by atoms with Gasteiger partial charge in [0.15, 0.2) is 11.4 Å². The molecule has 2 N–H and O–H groups in total. The van der Waals surface area contributed by atoms with Gasteiger partial charge in [-0.25, -0.2) is 9.50 Å². The van der Waals surface area contributed by atoms with Crippen molar-refractivity contribution in [1.82, 2.24) is 24.4 Å². The van der Waals surface area contributed by atoms with Crippen molar-refractivity contribution in [1.29, 1.82) is 0 Å². The Bertz CT molecular complexity index is 929. The third kappa shape index (κ3) is 3.16. The van der Waals surface area contributed by atoms with Crippen molar-refractivity contribution < 1.29 is 14.0 Å². The number of carbonyl (C=O) groups excluding carboxylic acids is 2. The first kappa shape index (κ1) is 16.5. The van der Waals surface area contributed by atoms with Crippen LogP contribution >= 0.6 is 0 Å². The minimum absolute atomic E-state index is 0.0290. The van der Waals surface area contributed by atoms with E-state index in [9.17, 15) is 9.59 Å². The summed E-state index contributed by atoms with van der Waals surface area (Å²) in [5.74, 6) is 0.367. The van der Waals surface area contributed by atoms with Crippen molar-refractivity contribution in [2.45, 2.75) is 0 Å². The molecule has 25 heavy (non-hydrogen) atoms. The van der Waals surface area contributed by atoms with E-state index in [-0.39, 0.29) is 18.4 Å². The van der Waals surface area contributed by atoms with E-state index in [1.807, 2.05) is 0 Å². The maximum Gasteiger partial charge on any atom is 0.255 e. The molecule has 2 amide bonds. The maximum atomic E-state index is 12.6. The highest BCUT2D eigenvalue weighted by Crippen LogP contribution is 2.21. The van der Waals surface area contributed by atoms with Gasteiger partial charge in [0.1, 0.15) is 0 Å². The zero-order valence-electron chi connectivity index (χ0n) is 14.1. The van der Waals surface area contributed by atoms with Crippen LogP contribution in [0.1, 0.15) is 10.4 Å². The Hall–Kier alpha value is -3.36. The number of nitrogens with zero attached hydrogens (tertiary/aromatic N) is 5. The Morgan fingerprint density at radius 3 is 2.72 bits per heavy atom. The van der Waals surface area contributed by atoms with E-state index in [2.05, 4.69) is 10.1 Å². The van der Waals surface area contributed by atoms with Crippen LogP contribution in [-0.2, 0) is 4.79 Å². The Labute approximate surface area is 143 Å². The van der Waals surface area contributed by atoms with Gasteiger partial charge in [0, 0.05) is 27.3 Å². The van der Waals surface area contributed by atoms with Crippen LogP contribution in [0, 0.1) is 0 Å². The Morgan fingerprint density at radius 2 is 2.08 bits per heavy atom. The summed E-state index contributed by atoms with van der Waals surface area (Å²) in [6, 6.07) is 4.99. The number of likely N-dealkylation sites (N-methyl/N-ethyl adjacent to an activating group) is 2. The van der Waals surface area contributed by atoms with Crippen molar-refractivity contribution in [2.24, 2.45) is 0 Å². The standard InChI is InChI=1S/C16H18N6O3/c1-20(2)13(23)9-21(3)16(24)10-7-11(17)15-18-14(19-22(15)8-10)12-5-4-6-25-12/h4-8H,9,17H2,1-3H3. The number of hydrogen-bond acceptors (Lipinski definition) is 6. The number of aromatic nitrogens is 3. The molecule has 0 aromatic carbocycles. The van der Waals surface area contributed by atoms with Gasteiger partial charge in [-0.1, -0.05) is 0 Å². The lowest BCUT2D eigenvalue weighted by atomic mass is 10.2. The van der Waals surface area contributed by atoms with Gasteiger partial charge in [-0.05, 0) is 18.2 Å². The van der Waals surface area contributed by atoms with Crippen LogP contribution in [0.4, 0.5) is 5.69 Å². The molecule has 3 aromatic heterocycles. The number of nitrogens with two attached hydrogens (primary N) is 1. The zero-order chi connectivity index (χ0) is 18.1. The van der Waals surface area contributed by atoms with E-state index in [4.69, 9.17) is 10.2 Å². The van der Waals surface area contributed by atoms with Crippen molar-refractivity contribution in [3.8, 4) is 11.6 Å². The van der Waals surface area contributed by atoms with Crippen LogP contribution < -0.4 is 5.73 Å². The quantitative estimate of drug-likeness (QED) is 0.748. The molecule has 0 unspecified atom stereocenters. The number of anilines is 1. The van der Waals surface area contributed by atoms with Gasteiger partial charge in [0.2, 0.25) is 11.7 Å². The monoisotopic (exact) mass is 342 g/mol. The minimum Gasteiger partial charge on any atom is -0.461 e. The molecule has 9 nitrogen and oxygen atoms in total. The predicted molar refractivity (Wildman–Crippen MR) is 90.8 cm³/mol. The fraction of sp³-hybridized carbons (Fsp3) is 0.250. The fourth-order valence-corrected chi connectivity index (χ4v) is 2.27. The van der Waals surface area contributed by atoms with E-state index in [1.54, 1.807) is 33.3 Å². The van der Waals surface area contributed by atoms with Crippen LogP contribution in [0.15, 0.2) is 35.1 Å². The van der Waals surface area contributed by atoms with E-state index < -0.39 is 0 Å². The number of carbonyl (C=O) groups is 2. The van der Waals surface area contributed by atoms with Gasteiger partial charge in [0.25, 0.3) is 5.91 Å². The van der Waals surface area contributed by atoms with E-state index in [1.165, 1.54) is 32.8 Å². The predicted octanol–water partition coefficient (Wildman–Crippen LogP) is 0.732. The molecule has 0 saturated heterocycles. The normalized spacial score (nSPS) is 10.8. The van der Waals surface area contributed by atoms with E-state index in [0.29, 0.717) is 28.5 Å². The Kier molecular flexibility index (Phi) is 4.14. The van der Waals surface area contributed by atoms with E-state index in [0.717, 1.165) is 0 Å². The topological polar surface area (TPSA) is 110 Å². The summed E-state index contributed by atoms with van der Waals surface area (Å²) >= 11 is 0. The highest BCUT2D eigenvalue weighted by atomic mass is 16.3. The molecule has 130 valence electrons. The molecule has 3 rings (SSSR count). The lowest BCUT2D eigenvalue weighted by Crippen LogP contribution is -2.37. The second kappa shape index (κ2) is 6.27. The number of furan rings is 1. The van der Waals surface area contributed by atoms with E-state index >= 15 is 0 Å². The Balaban J connectivity index is 1.92. The van der Waals surface area contributed by atoms with Crippen LogP contribution in [0.2, 0.25) is 0 Å². The summed E-state index contributed by atoms with van der Waals surface area (Å²) in [4.78, 5) is 31.4. The molecule has 0 spiro atoms. The highest BCUT2D eigenvalue weighted by molar-refractivity contribution is 5.97. The van der Waals surface area contributed by atoms with Crippen molar-refractivity contribution in [2.75, 3.05) is 33.4 Å². The third-order valence-electron chi connectivity index (χ3n) is 3.67. The second-order valence-electron chi connectivity index (χ2n) is 5.81. The fourth-order valence-electron chi connectivity index (χ4n) is 2.27. The molecule has 0 atom stereocenters. The summed E-state index contributed by atoms with van der Waals surface area (Å²) < 4.78 is 6.71. The third-order valence-corrected chi connectivity index (χ3v) is 3.67.